The summed E-state index contributed by atoms with van der Waals surface area (Å²) in [5.74, 6) is -0.506. The Bertz CT molecular complexity index is 1760. The van der Waals surface area contributed by atoms with E-state index in [9.17, 15) is 18.0 Å². The van der Waals surface area contributed by atoms with E-state index in [0.717, 1.165) is 22.7 Å². The van der Waals surface area contributed by atoms with Crippen LogP contribution in [0.1, 0.15) is 30.9 Å². The van der Waals surface area contributed by atoms with Crippen molar-refractivity contribution in [1.29, 1.82) is 0 Å². The number of hydrogen-bond donors (Lipinski definition) is 1. The first-order valence-electron chi connectivity index (χ1n) is 15.0. The third-order valence-corrected chi connectivity index (χ3v) is 10.1. The van der Waals surface area contributed by atoms with E-state index in [-0.39, 0.29) is 29.5 Å². The Morgan fingerprint density at radius 3 is 2.15 bits per heavy atom. The van der Waals surface area contributed by atoms with Crippen LogP contribution in [0.15, 0.2) is 102 Å². The normalized spacial score (nSPS) is 11.9. The van der Waals surface area contributed by atoms with Crippen molar-refractivity contribution in [2.45, 2.75) is 43.7 Å². The lowest BCUT2D eigenvalue weighted by Gasteiger charge is -2.34. The van der Waals surface area contributed by atoms with Gasteiger partial charge in [0.1, 0.15) is 18.3 Å². The van der Waals surface area contributed by atoms with Gasteiger partial charge in [-0.3, -0.25) is 13.9 Å². The molecule has 0 aliphatic rings. The van der Waals surface area contributed by atoms with Crippen LogP contribution in [0.25, 0.3) is 0 Å². The van der Waals surface area contributed by atoms with Crippen molar-refractivity contribution < 1.29 is 22.7 Å². The van der Waals surface area contributed by atoms with Crippen molar-refractivity contribution in [3.8, 4) is 5.75 Å². The van der Waals surface area contributed by atoms with Crippen molar-refractivity contribution >= 4 is 62.3 Å². The number of amides is 2. The Hall–Kier alpha value is -3.76. The first-order valence-corrected chi connectivity index (χ1v) is 17.6. The van der Waals surface area contributed by atoms with Gasteiger partial charge in [0, 0.05) is 34.6 Å². The molecule has 0 aliphatic carbocycles. The molecule has 0 aromatic heterocycles. The highest BCUT2D eigenvalue weighted by Gasteiger charge is 2.35. The summed E-state index contributed by atoms with van der Waals surface area (Å²) in [6, 6.07) is 25.2. The quantitative estimate of drug-likeness (QED) is 0.129. The van der Waals surface area contributed by atoms with Crippen molar-refractivity contribution in [1.82, 2.24) is 10.2 Å². The molecule has 0 bridgehead atoms. The SMILES string of the molecule is CCCCNC(=O)C(Cc1ccccc1)N(Cc1ccc(Cl)cc1Cl)C(=O)CN(c1ccc(Cl)cc1)S(=O)(=O)c1ccc(OC)cc1. The number of nitrogens with one attached hydrogen (secondary N) is 1. The van der Waals surface area contributed by atoms with Crippen LogP contribution in [0.2, 0.25) is 15.1 Å². The van der Waals surface area contributed by atoms with Gasteiger partial charge in [-0.15, -0.1) is 0 Å². The fraction of sp³-hybridized carbons (Fsp3) is 0.257. The molecule has 4 aromatic rings. The summed E-state index contributed by atoms with van der Waals surface area (Å²) in [7, 11) is -2.81. The molecule has 4 rings (SSSR count). The van der Waals surface area contributed by atoms with E-state index in [1.807, 2.05) is 37.3 Å². The lowest BCUT2D eigenvalue weighted by atomic mass is 10.0. The van der Waals surface area contributed by atoms with E-state index in [2.05, 4.69) is 5.32 Å². The highest BCUT2D eigenvalue weighted by atomic mass is 35.5. The highest BCUT2D eigenvalue weighted by molar-refractivity contribution is 7.92. The number of anilines is 1. The molecule has 8 nitrogen and oxygen atoms in total. The maximum absolute atomic E-state index is 14.5. The lowest BCUT2D eigenvalue weighted by Crippen LogP contribution is -2.53. The van der Waals surface area contributed by atoms with Crippen LogP contribution < -0.4 is 14.4 Å². The number of carbonyl (C=O) groups is 2. The molecule has 2 amide bonds. The molecule has 0 saturated carbocycles. The van der Waals surface area contributed by atoms with Crippen molar-refractivity contribution in [2.75, 3.05) is 24.5 Å². The zero-order chi connectivity index (χ0) is 34.0. The van der Waals surface area contributed by atoms with Gasteiger partial charge in [0.05, 0.1) is 17.7 Å². The minimum Gasteiger partial charge on any atom is -0.497 e. The lowest BCUT2D eigenvalue weighted by molar-refractivity contribution is -0.140. The number of halogens is 3. The van der Waals surface area contributed by atoms with E-state index >= 15 is 0 Å². The number of unbranched alkanes of at least 4 members (excludes halogenated alkanes) is 1. The zero-order valence-electron chi connectivity index (χ0n) is 26.0. The number of hydrogen-bond acceptors (Lipinski definition) is 5. The van der Waals surface area contributed by atoms with Crippen LogP contribution in [0.3, 0.4) is 0 Å². The predicted octanol–water partition coefficient (Wildman–Crippen LogP) is 7.41. The van der Waals surface area contributed by atoms with E-state index in [1.165, 1.54) is 48.4 Å². The minimum atomic E-state index is -4.29. The summed E-state index contributed by atoms with van der Waals surface area (Å²) < 4.78 is 34.5. The number of ether oxygens (including phenoxy) is 1. The monoisotopic (exact) mass is 715 g/mol. The predicted molar refractivity (Wildman–Crippen MR) is 188 cm³/mol. The summed E-state index contributed by atoms with van der Waals surface area (Å²) in [6.45, 7) is 1.74. The summed E-state index contributed by atoms with van der Waals surface area (Å²) in [5.41, 5.74) is 1.58. The Balaban J connectivity index is 1.80. The number of carbonyl (C=O) groups excluding carboxylic acids is 2. The number of rotatable bonds is 15. The Morgan fingerprint density at radius 1 is 0.872 bits per heavy atom. The van der Waals surface area contributed by atoms with Gasteiger partial charge < -0.3 is 15.0 Å². The molecule has 0 radical (unpaired) electrons. The fourth-order valence-corrected chi connectivity index (χ4v) is 6.91. The van der Waals surface area contributed by atoms with Gasteiger partial charge in [-0.05, 0) is 78.2 Å². The molecule has 0 spiro atoms. The second-order valence-electron chi connectivity index (χ2n) is 10.8. The molecule has 0 saturated heterocycles. The largest absolute Gasteiger partial charge is 0.497 e. The second kappa shape index (κ2) is 16.9. The average Bonchev–Trinajstić information content (AvgIpc) is 3.07. The molecular weight excluding hydrogens is 681 g/mol. The number of nitrogens with zero attached hydrogens (tertiary/aromatic N) is 2. The van der Waals surface area contributed by atoms with Crippen LogP contribution in [-0.4, -0.2) is 51.4 Å². The van der Waals surface area contributed by atoms with Crippen molar-refractivity contribution in [3.05, 3.63) is 123 Å². The molecule has 1 atom stereocenters. The smallest absolute Gasteiger partial charge is 0.264 e. The fourth-order valence-electron chi connectivity index (χ4n) is 4.90. The third kappa shape index (κ3) is 9.64. The summed E-state index contributed by atoms with van der Waals surface area (Å²) >= 11 is 18.9. The molecular formula is C35H36Cl3N3O5S. The first-order chi connectivity index (χ1) is 22.5. The molecule has 1 unspecified atom stereocenters. The average molecular weight is 717 g/mol. The van der Waals surface area contributed by atoms with Gasteiger partial charge >= 0.3 is 0 Å². The number of benzene rings is 4. The molecule has 0 aliphatic heterocycles. The number of methoxy groups -OCH3 is 1. The van der Waals surface area contributed by atoms with E-state index in [4.69, 9.17) is 39.5 Å². The van der Waals surface area contributed by atoms with Gasteiger partial charge in [-0.2, -0.15) is 0 Å². The summed E-state index contributed by atoms with van der Waals surface area (Å²) in [4.78, 5) is 29.7. The second-order valence-corrected chi connectivity index (χ2v) is 13.9. The van der Waals surface area contributed by atoms with Crippen LogP contribution >= 0.6 is 34.8 Å². The third-order valence-electron chi connectivity index (χ3n) is 7.50. The van der Waals surface area contributed by atoms with Crippen LogP contribution in [-0.2, 0) is 32.6 Å². The zero-order valence-corrected chi connectivity index (χ0v) is 29.1. The summed E-state index contributed by atoms with van der Waals surface area (Å²) in [5, 5.41) is 4.07. The van der Waals surface area contributed by atoms with Crippen LogP contribution in [0.5, 0.6) is 5.75 Å². The molecule has 47 heavy (non-hydrogen) atoms. The minimum absolute atomic E-state index is 0.0495. The molecule has 248 valence electrons. The van der Waals surface area contributed by atoms with Crippen LogP contribution in [0.4, 0.5) is 5.69 Å². The van der Waals surface area contributed by atoms with Crippen molar-refractivity contribution in [3.63, 3.8) is 0 Å². The molecule has 0 fully saturated rings. The Morgan fingerprint density at radius 2 is 1.53 bits per heavy atom. The topological polar surface area (TPSA) is 96.0 Å². The van der Waals surface area contributed by atoms with E-state index in [0.29, 0.717) is 32.9 Å². The van der Waals surface area contributed by atoms with Gasteiger partial charge in [0.2, 0.25) is 11.8 Å². The van der Waals surface area contributed by atoms with Crippen LogP contribution in [0, 0.1) is 0 Å². The Kier molecular flexibility index (Phi) is 13.0. The van der Waals surface area contributed by atoms with E-state index < -0.39 is 28.5 Å². The summed E-state index contributed by atoms with van der Waals surface area (Å²) in [6.07, 6.45) is 1.80. The van der Waals surface area contributed by atoms with E-state index in [1.54, 1.807) is 30.3 Å². The maximum atomic E-state index is 14.5. The van der Waals surface area contributed by atoms with Gasteiger partial charge in [0.25, 0.3) is 10.0 Å². The highest BCUT2D eigenvalue weighted by Crippen LogP contribution is 2.28. The standard InChI is InChI=1S/C35H36Cl3N3O5S/c1-3-4-20-39-35(43)33(21-25-8-6-5-7-9-25)40(23-26-10-11-28(37)22-32(26)38)34(42)24-41(29-14-12-27(36)13-15-29)47(44,45)31-18-16-30(46-2)17-19-31/h5-19,22,33H,3-4,20-21,23-24H2,1-2H3,(H,39,43). The van der Waals surface area contributed by atoms with Gasteiger partial charge in [0.15, 0.2) is 0 Å². The molecule has 4 aromatic carbocycles. The van der Waals surface area contributed by atoms with Gasteiger partial charge in [-0.1, -0.05) is 84.5 Å². The molecule has 0 heterocycles. The maximum Gasteiger partial charge on any atom is 0.264 e. The molecule has 1 N–H and O–H groups in total. The molecule has 12 heteroatoms. The first kappa shape index (κ1) is 36.1. The van der Waals surface area contributed by atoms with Gasteiger partial charge in [-0.25, -0.2) is 8.42 Å². The van der Waals surface area contributed by atoms with Crippen molar-refractivity contribution in [2.24, 2.45) is 0 Å². The number of sulfonamides is 1. The Labute approximate surface area is 291 Å².